The van der Waals surface area contributed by atoms with Gasteiger partial charge < -0.3 is 0 Å². The Kier molecular flexibility index (Phi) is 1.59. The van der Waals surface area contributed by atoms with Crippen LogP contribution in [0.4, 0.5) is 0 Å². The van der Waals surface area contributed by atoms with Crippen LogP contribution in [-0.2, 0) is 4.79 Å². The van der Waals surface area contributed by atoms with Crippen LogP contribution in [0.1, 0.15) is 25.7 Å². The van der Waals surface area contributed by atoms with Gasteiger partial charge in [0.2, 0.25) is 0 Å². The lowest BCUT2D eigenvalue weighted by Crippen LogP contribution is -2.16. The quantitative estimate of drug-likeness (QED) is 0.551. The molecule has 2 rings (SSSR count). The van der Waals surface area contributed by atoms with E-state index in [4.69, 9.17) is 0 Å². The maximum atomic E-state index is 11.2. The molecule has 0 aromatic carbocycles. The van der Waals surface area contributed by atoms with E-state index in [1.807, 2.05) is 6.08 Å². The molecule has 0 bridgehead atoms. The molecule has 0 N–H and O–H groups in total. The smallest absolute Gasteiger partial charge is 0.136 e. The molecule has 0 aromatic heterocycles. The van der Waals surface area contributed by atoms with E-state index >= 15 is 0 Å². The summed E-state index contributed by atoms with van der Waals surface area (Å²) in [5, 5.41) is 0. The second kappa shape index (κ2) is 2.47. The van der Waals surface area contributed by atoms with Crippen molar-refractivity contribution in [3.63, 3.8) is 0 Å². The third-order valence-electron chi connectivity index (χ3n) is 3.09. The highest BCUT2D eigenvalue weighted by Crippen LogP contribution is 2.51. The van der Waals surface area contributed by atoms with Gasteiger partial charge in [0.05, 0.1) is 0 Å². The van der Waals surface area contributed by atoms with E-state index in [0.717, 1.165) is 31.1 Å². The van der Waals surface area contributed by atoms with Crippen LogP contribution in [0, 0.1) is 17.8 Å². The molecule has 1 unspecified atom stereocenters. The molecular weight excluding hydrogens is 136 g/mol. The van der Waals surface area contributed by atoms with Crippen molar-refractivity contribution in [3.8, 4) is 0 Å². The van der Waals surface area contributed by atoms with Crippen molar-refractivity contribution >= 4 is 5.78 Å². The van der Waals surface area contributed by atoms with Crippen LogP contribution in [0.15, 0.2) is 12.7 Å². The van der Waals surface area contributed by atoms with E-state index in [-0.39, 0.29) is 0 Å². The summed E-state index contributed by atoms with van der Waals surface area (Å²) >= 11 is 0. The average molecular weight is 150 g/mol. The maximum absolute atomic E-state index is 11.2. The van der Waals surface area contributed by atoms with E-state index < -0.39 is 0 Å². The van der Waals surface area contributed by atoms with Crippen LogP contribution in [0.5, 0.6) is 0 Å². The van der Waals surface area contributed by atoms with Crippen LogP contribution in [-0.4, -0.2) is 5.78 Å². The first-order chi connectivity index (χ1) is 5.33. The molecule has 1 nitrogen and oxygen atoms in total. The minimum Gasteiger partial charge on any atom is -0.299 e. The van der Waals surface area contributed by atoms with Gasteiger partial charge in [-0.1, -0.05) is 6.08 Å². The van der Waals surface area contributed by atoms with Gasteiger partial charge >= 0.3 is 0 Å². The first-order valence-corrected chi connectivity index (χ1v) is 4.46. The Balaban J connectivity index is 1.97. The second-order valence-electron chi connectivity index (χ2n) is 3.80. The average Bonchev–Trinajstić information content (AvgIpc) is 2.75. The number of ketones is 1. The fourth-order valence-electron chi connectivity index (χ4n) is 2.34. The molecule has 2 aliphatic carbocycles. The molecule has 3 atom stereocenters. The van der Waals surface area contributed by atoms with Gasteiger partial charge in [0.1, 0.15) is 5.78 Å². The highest BCUT2D eigenvalue weighted by atomic mass is 16.1. The summed E-state index contributed by atoms with van der Waals surface area (Å²) < 4.78 is 0. The maximum Gasteiger partial charge on any atom is 0.136 e. The largest absolute Gasteiger partial charge is 0.299 e. The molecule has 0 aliphatic heterocycles. The molecule has 2 aliphatic rings. The predicted molar refractivity (Wildman–Crippen MR) is 44.1 cm³/mol. The molecule has 11 heavy (non-hydrogen) atoms. The number of rotatable bonds is 2. The minimum absolute atomic E-state index is 0.466. The normalized spacial score (nSPS) is 41.5. The fraction of sp³-hybridized carbons (Fsp3) is 0.700. The van der Waals surface area contributed by atoms with Gasteiger partial charge in [-0.3, -0.25) is 4.79 Å². The van der Waals surface area contributed by atoms with Gasteiger partial charge in [-0.25, -0.2) is 0 Å². The molecule has 0 radical (unpaired) electrons. The molecule has 2 fully saturated rings. The highest BCUT2D eigenvalue weighted by molar-refractivity contribution is 5.84. The van der Waals surface area contributed by atoms with E-state index in [9.17, 15) is 4.79 Å². The second-order valence-corrected chi connectivity index (χ2v) is 3.80. The molecule has 0 heterocycles. The Morgan fingerprint density at radius 1 is 1.64 bits per heavy atom. The summed E-state index contributed by atoms with van der Waals surface area (Å²) in [6.45, 7) is 3.74. The third kappa shape index (κ3) is 1.13. The Hall–Kier alpha value is -0.590. The van der Waals surface area contributed by atoms with Crippen molar-refractivity contribution in [2.75, 3.05) is 0 Å². The van der Waals surface area contributed by atoms with Crippen LogP contribution in [0.2, 0.25) is 0 Å². The van der Waals surface area contributed by atoms with Crippen molar-refractivity contribution < 1.29 is 4.79 Å². The van der Waals surface area contributed by atoms with Crippen molar-refractivity contribution in [1.82, 2.24) is 0 Å². The zero-order chi connectivity index (χ0) is 7.84. The molecular formula is C10H14O. The molecule has 0 amide bonds. The molecule has 0 spiro atoms. The zero-order valence-electron chi connectivity index (χ0n) is 6.75. The number of fused-ring (bicyclic) bond motifs is 1. The summed E-state index contributed by atoms with van der Waals surface area (Å²) in [4.78, 5) is 11.2. The van der Waals surface area contributed by atoms with Crippen molar-refractivity contribution in [2.24, 2.45) is 17.8 Å². The monoisotopic (exact) mass is 150 g/mol. The van der Waals surface area contributed by atoms with Gasteiger partial charge in [-0.15, -0.1) is 6.58 Å². The third-order valence-corrected chi connectivity index (χ3v) is 3.09. The standard InChI is InChI=1S/C10H14O/c1-2-3-7-4-5-10(11)9-6-8(7)9/h2,7-9H,1,3-6H2/t7?,8-,9-/m0/s1. The zero-order valence-corrected chi connectivity index (χ0v) is 6.75. The van der Waals surface area contributed by atoms with Gasteiger partial charge in [0.15, 0.2) is 0 Å². The topological polar surface area (TPSA) is 17.1 Å². The number of hydrogen-bond donors (Lipinski definition) is 0. The van der Waals surface area contributed by atoms with Crippen molar-refractivity contribution in [3.05, 3.63) is 12.7 Å². The minimum atomic E-state index is 0.466. The summed E-state index contributed by atoms with van der Waals surface area (Å²) in [6.07, 6.45) is 6.24. The van der Waals surface area contributed by atoms with E-state index in [2.05, 4.69) is 6.58 Å². The summed E-state index contributed by atoms with van der Waals surface area (Å²) in [6, 6.07) is 0. The van der Waals surface area contributed by atoms with Crippen LogP contribution >= 0.6 is 0 Å². The van der Waals surface area contributed by atoms with E-state index in [1.165, 1.54) is 6.42 Å². The van der Waals surface area contributed by atoms with Crippen LogP contribution in [0.3, 0.4) is 0 Å². The molecule has 0 saturated heterocycles. The fourth-order valence-corrected chi connectivity index (χ4v) is 2.34. The number of Topliss-reactive ketones (excluding diaryl/α,β-unsaturated/α-hetero) is 1. The summed E-state index contributed by atoms with van der Waals surface area (Å²) in [5.41, 5.74) is 0. The SMILES string of the molecule is C=CCC1CCC(=O)[C@H]2C[C@@H]12. The number of hydrogen-bond acceptors (Lipinski definition) is 1. The van der Waals surface area contributed by atoms with Gasteiger partial charge in [-0.2, -0.15) is 0 Å². The van der Waals surface area contributed by atoms with Crippen molar-refractivity contribution in [1.29, 1.82) is 0 Å². The predicted octanol–water partition coefficient (Wildman–Crippen LogP) is 2.18. The Morgan fingerprint density at radius 3 is 3.18 bits per heavy atom. The molecule has 2 saturated carbocycles. The lowest BCUT2D eigenvalue weighted by atomic mass is 9.86. The summed E-state index contributed by atoms with van der Waals surface area (Å²) in [7, 11) is 0. The number of allylic oxidation sites excluding steroid dienone is 1. The van der Waals surface area contributed by atoms with Crippen LogP contribution in [0.25, 0.3) is 0 Å². The van der Waals surface area contributed by atoms with Gasteiger partial charge in [-0.05, 0) is 31.1 Å². The highest BCUT2D eigenvalue weighted by Gasteiger charge is 2.49. The Morgan fingerprint density at radius 2 is 2.45 bits per heavy atom. The lowest BCUT2D eigenvalue weighted by Gasteiger charge is -2.18. The first kappa shape index (κ1) is 7.08. The van der Waals surface area contributed by atoms with E-state index in [0.29, 0.717) is 11.7 Å². The Bertz CT molecular complexity index is 195. The molecule has 0 aromatic rings. The number of carbonyl (C=O) groups excluding carboxylic acids is 1. The van der Waals surface area contributed by atoms with E-state index in [1.54, 1.807) is 0 Å². The number of carbonyl (C=O) groups is 1. The lowest BCUT2D eigenvalue weighted by molar-refractivity contribution is -0.122. The van der Waals surface area contributed by atoms with Gasteiger partial charge in [0, 0.05) is 12.3 Å². The van der Waals surface area contributed by atoms with Crippen LogP contribution < -0.4 is 0 Å². The summed E-state index contributed by atoms with van der Waals surface area (Å²) in [5.74, 6) is 2.52. The molecule has 60 valence electrons. The Labute approximate surface area is 67.5 Å². The first-order valence-electron chi connectivity index (χ1n) is 4.46. The van der Waals surface area contributed by atoms with Gasteiger partial charge in [0.25, 0.3) is 0 Å². The molecule has 1 heteroatoms. The van der Waals surface area contributed by atoms with Crippen molar-refractivity contribution in [2.45, 2.75) is 25.7 Å².